The van der Waals surface area contributed by atoms with Gasteiger partial charge in [-0.15, -0.1) is 22.7 Å². The normalized spacial score (nSPS) is 10.9. The molecule has 0 bridgehead atoms. The number of carbonyl (C=O) groups is 1. The molecule has 4 rings (SSSR count). The average Bonchev–Trinajstić information content (AvgIpc) is 3.38. The van der Waals surface area contributed by atoms with E-state index in [1.165, 1.54) is 16.9 Å². The number of thiazole rings is 1. The van der Waals surface area contributed by atoms with E-state index >= 15 is 0 Å². The highest BCUT2D eigenvalue weighted by molar-refractivity contribution is 7.14. The van der Waals surface area contributed by atoms with E-state index in [-0.39, 0.29) is 12.3 Å². The van der Waals surface area contributed by atoms with Gasteiger partial charge in [-0.1, -0.05) is 35.9 Å². The molecular formula is C20H17N3O2S2. The first kappa shape index (κ1) is 17.6. The second-order valence-electron chi connectivity index (χ2n) is 6.13. The van der Waals surface area contributed by atoms with Crippen LogP contribution in [-0.4, -0.2) is 15.9 Å². The smallest absolute Gasteiger partial charge is 0.236 e. The summed E-state index contributed by atoms with van der Waals surface area (Å²) in [7, 11) is 0. The van der Waals surface area contributed by atoms with E-state index in [0.29, 0.717) is 22.5 Å². The lowest BCUT2D eigenvalue weighted by Crippen LogP contribution is -2.15. The quantitative estimate of drug-likeness (QED) is 0.496. The number of aryl methyl sites for hydroxylation is 2. The van der Waals surface area contributed by atoms with Crippen LogP contribution in [0.1, 0.15) is 17.0 Å². The molecule has 0 spiro atoms. The number of nitrogens with one attached hydrogen (secondary N) is 1. The van der Waals surface area contributed by atoms with Crippen molar-refractivity contribution in [2.75, 3.05) is 5.32 Å². The van der Waals surface area contributed by atoms with Gasteiger partial charge in [-0.25, -0.2) is 9.97 Å². The van der Waals surface area contributed by atoms with Crippen molar-refractivity contribution in [3.8, 4) is 22.0 Å². The Morgan fingerprint density at radius 3 is 2.67 bits per heavy atom. The molecule has 0 unspecified atom stereocenters. The monoisotopic (exact) mass is 395 g/mol. The predicted octanol–water partition coefficient (Wildman–Crippen LogP) is 5.32. The number of hydrogen-bond donors (Lipinski definition) is 1. The van der Waals surface area contributed by atoms with E-state index < -0.39 is 0 Å². The van der Waals surface area contributed by atoms with E-state index in [1.54, 1.807) is 11.3 Å². The van der Waals surface area contributed by atoms with Crippen LogP contribution in [0.25, 0.3) is 22.0 Å². The SMILES string of the molecule is Cc1ccc(-c2csc(NC(=O)Cc3nc(-c4cccs4)oc3C)n2)cc1. The van der Waals surface area contributed by atoms with Gasteiger partial charge in [0, 0.05) is 10.9 Å². The molecule has 0 radical (unpaired) electrons. The van der Waals surface area contributed by atoms with E-state index in [1.807, 2.05) is 61.0 Å². The van der Waals surface area contributed by atoms with Crippen LogP contribution in [0.4, 0.5) is 5.13 Å². The number of hydrogen-bond acceptors (Lipinski definition) is 6. The van der Waals surface area contributed by atoms with Gasteiger partial charge in [-0.2, -0.15) is 0 Å². The summed E-state index contributed by atoms with van der Waals surface area (Å²) < 4.78 is 5.69. The Kier molecular flexibility index (Phi) is 4.87. The number of thiophene rings is 1. The van der Waals surface area contributed by atoms with Crippen LogP contribution < -0.4 is 5.32 Å². The molecule has 5 nitrogen and oxygen atoms in total. The van der Waals surface area contributed by atoms with Crippen molar-refractivity contribution >= 4 is 33.7 Å². The molecule has 136 valence electrons. The first-order valence-corrected chi connectivity index (χ1v) is 10.2. The lowest BCUT2D eigenvalue weighted by Gasteiger charge is -2.00. The highest BCUT2D eigenvalue weighted by Gasteiger charge is 2.16. The zero-order chi connectivity index (χ0) is 18.8. The standard InChI is InChI=1S/C20H17N3O2S2/c1-12-5-7-14(8-6-12)16-11-27-20(22-16)23-18(24)10-15-13(2)25-19(21-15)17-4-3-9-26-17/h3-9,11H,10H2,1-2H3,(H,22,23,24). The van der Waals surface area contributed by atoms with Crippen LogP contribution in [0.3, 0.4) is 0 Å². The molecular weight excluding hydrogens is 378 g/mol. The fourth-order valence-electron chi connectivity index (χ4n) is 2.60. The molecule has 27 heavy (non-hydrogen) atoms. The van der Waals surface area contributed by atoms with Crippen molar-refractivity contribution < 1.29 is 9.21 Å². The van der Waals surface area contributed by atoms with E-state index in [4.69, 9.17) is 4.42 Å². The molecule has 0 aliphatic heterocycles. The van der Waals surface area contributed by atoms with Gasteiger partial charge in [0.05, 0.1) is 22.7 Å². The summed E-state index contributed by atoms with van der Waals surface area (Å²) in [6, 6.07) is 12.0. The van der Waals surface area contributed by atoms with Gasteiger partial charge >= 0.3 is 0 Å². The predicted molar refractivity (Wildman–Crippen MR) is 109 cm³/mol. The second kappa shape index (κ2) is 7.46. The Bertz CT molecular complexity index is 1060. The zero-order valence-electron chi connectivity index (χ0n) is 14.9. The summed E-state index contributed by atoms with van der Waals surface area (Å²) in [6.07, 6.45) is 0.153. The molecule has 0 atom stereocenters. The van der Waals surface area contributed by atoms with Gasteiger partial charge in [0.25, 0.3) is 0 Å². The van der Waals surface area contributed by atoms with Gasteiger partial charge in [-0.05, 0) is 25.3 Å². The topological polar surface area (TPSA) is 68.0 Å². The van der Waals surface area contributed by atoms with Crippen LogP contribution in [0.15, 0.2) is 51.6 Å². The van der Waals surface area contributed by atoms with Crippen LogP contribution in [-0.2, 0) is 11.2 Å². The van der Waals surface area contributed by atoms with Gasteiger partial charge in [0.1, 0.15) is 5.76 Å². The molecule has 0 aliphatic rings. The Balaban J connectivity index is 1.44. The minimum absolute atomic E-state index is 0.153. The second-order valence-corrected chi connectivity index (χ2v) is 7.93. The maximum Gasteiger partial charge on any atom is 0.236 e. The Labute approximate surface area is 164 Å². The van der Waals surface area contributed by atoms with Crippen LogP contribution >= 0.6 is 22.7 Å². The molecule has 1 N–H and O–H groups in total. The lowest BCUT2D eigenvalue weighted by molar-refractivity contribution is -0.115. The van der Waals surface area contributed by atoms with Gasteiger partial charge in [0.2, 0.25) is 11.8 Å². The molecule has 4 aromatic rings. The fraction of sp³-hybridized carbons (Fsp3) is 0.150. The zero-order valence-corrected chi connectivity index (χ0v) is 16.5. The summed E-state index contributed by atoms with van der Waals surface area (Å²) >= 11 is 2.97. The fourth-order valence-corrected chi connectivity index (χ4v) is 3.99. The summed E-state index contributed by atoms with van der Waals surface area (Å²) in [6.45, 7) is 3.87. The van der Waals surface area contributed by atoms with Crippen molar-refractivity contribution in [3.05, 3.63) is 64.2 Å². The third-order valence-corrected chi connectivity index (χ3v) is 5.67. The number of nitrogens with zero attached hydrogens (tertiary/aromatic N) is 2. The van der Waals surface area contributed by atoms with E-state index in [0.717, 1.165) is 16.1 Å². The van der Waals surface area contributed by atoms with Crippen molar-refractivity contribution in [2.45, 2.75) is 20.3 Å². The average molecular weight is 396 g/mol. The molecule has 0 fully saturated rings. The third-order valence-electron chi connectivity index (χ3n) is 4.05. The van der Waals surface area contributed by atoms with Crippen molar-refractivity contribution in [3.63, 3.8) is 0 Å². The molecule has 0 aliphatic carbocycles. The third kappa shape index (κ3) is 3.99. The number of benzene rings is 1. The van der Waals surface area contributed by atoms with Crippen LogP contribution in [0, 0.1) is 13.8 Å². The molecule has 0 saturated carbocycles. The number of carbonyl (C=O) groups excluding carboxylic acids is 1. The summed E-state index contributed by atoms with van der Waals surface area (Å²) in [5.74, 6) is 1.06. The molecule has 1 amide bonds. The Morgan fingerprint density at radius 2 is 1.93 bits per heavy atom. The summed E-state index contributed by atoms with van der Waals surface area (Å²) in [5.41, 5.74) is 3.73. The number of oxazole rings is 1. The number of rotatable bonds is 5. The van der Waals surface area contributed by atoms with E-state index in [9.17, 15) is 4.79 Å². The highest BCUT2D eigenvalue weighted by atomic mass is 32.1. The largest absolute Gasteiger partial charge is 0.440 e. The van der Waals surface area contributed by atoms with Crippen LogP contribution in [0.2, 0.25) is 0 Å². The molecule has 0 saturated heterocycles. The molecule has 3 aromatic heterocycles. The number of anilines is 1. The van der Waals surface area contributed by atoms with E-state index in [2.05, 4.69) is 15.3 Å². The minimum atomic E-state index is -0.158. The Morgan fingerprint density at radius 1 is 1.11 bits per heavy atom. The lowest BCUT2D eigenvalue weighted by atomic mass is 10.1. The number of amides is 1. The van der Waals surface area contributed by atoms with Crippen molar-refractivity contribution in [2.24, 2.45) is 0 Å². The number of aromatic nitrogens is 2. The molecule has 1 aromatic carbocycles. The maximum absolute atomic E-state index is 12.4. The maximum atomic E-state index is 12.4. The first-order chi connectivity index (χ1) is 13.1. The summed E-state index contributed by atoms with van der Waals surface area (Å²) in [5, 5.41) is 7.34. The first-order valence-electron chi connectivity index (χ1n) is 8.41. The van der Waals surface area contributed by atoms with Crippen molar-refractivity contribution in [1.82, 2.24) is 9.97 Å². The van der Waals surface area contributed by atoms with Gasteiger partial charge in [0.15, 0.2) is 5.13 Å². The van der Waals surface area contributed by atoms with Crippen LogP contribution in [0.5, 0.6) is 0 Å². The molecule has 3 heterocycles. The Hall–Kier alpha value is -2.77. The van der Waals surface area contributed by atoms with Crippen molar-refractivity contribution in [1.29, 1.82) is 0 Å². The van der Waals surface area contributed by atoms with Gasteiger partial charge < -0.3 is 9.73 Å². The van der Waals surface area contributed by atoms with Gasteiger partial charge in [-0.3, -0.25) is 4.79 Å². The molecule has 7 heteroatoms. The minimum Gasteiger partial charge on any atom is -0.440 e. The summed E-state index contributed by atoms with van der Waals surface area (Å²) in [4.78, 5) is 22.3. The highest BCUT2D eigenvalue weighted by Crippen LogP contribution is 2.27.